The molecule has 0 atom stereocenters. The summed E-state index contributed by atoms with van der Waals surface area (Å²) in [5.41, 5.74) is 2.03. The predicted octanol–water partition coefficient (Wildman–Crippen LogP) is 1.41. The summed E-state index contributed by atoms with van der Waals surface area (Å²) in [5, 5.41) is 9.07. The largest absolute Gasteiger partial charge is 0.290 e. The van der Waals surface area contributed by atoms with Crippen LogP contribution in [0.15, 0.2) is 9.95 Å². The van der Waals surface area contributed by atoms with Crippen LogP contribution in [0.5, 0.6) is 0 Å². The molecule has 0 amide bonds. The first-order valence-corrected chi connectivity index (χ1v) is 6.91. The maximum atomic E-state index is 11.9. The van der Waals surface area contributed by atoms with Crippen LogP contribution >= 0.6 is 11.8 Å². The highest BCUT2D eigenvalue weighted by atomic mass is 32.2. The third-order valence-corrected chi connectivity index (χ3v) is 3.93. The van der Waals surface area contributed by atoms with E-state index in [0.717, 1.165) is 47.8 Å². The van der Waals surface area contributed by atoms with Crippen molar-refractivity contribution >= 4 is 17.5 Å². The molecule has 0 spiro atoms. The lowest BCUT2D eigenvalue weighted by Crippen LogP contribution is -2.22. The van der Waals surface area contributed by atoms with Crippen molar-refractivity contribution in [3.8, 4) is 0 Å². The van der Waals surface area contributed by atoms with Gasteiger partial charge in [0.1, 0.15) is 0 Å². The van der Waals surface area contributed by atoms with Crippen LogP contribution in [0, 0.1) is 0 Å². The molecule has 0 saturated carbocycles. The molecule has 1 aliphatic carbocycles. The molecule has 0 aromatic carbocycles. The van der Waals surface area contributed by atoms with Crippen LogP contribution in [-0.4, -0.2) is 25.3 Å². The number of aromatic nitrogens is 4. The van der Waals surface area contributed by atoms with E-state index in [9.17, 15) is 4.79 Å². The molecule has 0 fully saturated rings. The number of fused-ring (bicyclic) bond motifs is 3. The van der Waals surface area contributed by atoms with Crippen LogP contribution < -0.4 is 5.56 Å². The lowest BCUT2D eigenvalue weighted by molar-refractivity contribution is 0.639. The van der Waals surface area contributed by atoms with E-state index in [4.69, 9.17) is 0 Å². The number of nitrogens with zero attached hydrogens (tertiary/aromatic N) is 3. The van der Waals surface area contributed by atoms with Gasteiger partial charge in [0.05, 0.1) is 0 Å². The van der Waals surface area contributed by atoms with E-state index in [2.05, 4.69) is 22.1 Å². The van der Waals surface area contributed by atoms with Gasteiger partial charge in [0, 0.05) is 11.3 Å². The lowest BCUT2D eigenvalue weighted by atomic mass is 9.97. The minimum absolute atomic E-state index is 0.00708. The van der Waals surface area contributed by atoms with E-state index in [1.54, 1.807) is 11.8 Å². The summed E-state index contributed by atoms with van der Waals surface area (Å²) in [7, 11) is 0. The number of hydrogen-bond acceptors (Lipinski definition) is 4. The van der Waals surface area contributed by atoms with Gasteiger partial charge in [0.2, 0.25) is 5.78 Å². The minimum atomic E-state index is 0.00708. The first kappa shape index (κ1) is 10.8. The summed E-state index contributed by atoms with van der Waals surface area (Å²) in [6, 6.07) is 0. The van der Waals surface area contributed by atoms with E-state index < -0.39 is 0 Å². The fourth-order valence-electron chi connectivity index (χ4n) is 2.37. The van der Waals surface area contributed by atoms with Crippen LogP contribution in [0.2, 0.25) is 0 Å². The molecule has 1 aliphatic rings. The molecule has 0 radical (unpaired) electrons. The quantitative estimate of drug-likeness (QED) is 0.819. The van der Waals surface area contributed by atoms with Crippen molar-refractivity contribution in [1.29, 1.82) is 0 Å². The van der Waals surface area contributed by atoms with Crippen LogP contribution in [0.25, 0.3) is 5.78 Å². The van der Waals surface area contributed by atoms with E-state index in [1.165, 1.54) is 0 Å². The summed E-state index contributed by atoms with van der Waals surface area (Å²) in [6.07, 6.45) is 4.06. The van der Waals surface area contributed by atoms with E-state index in [-0.39, 0.29) is 5.56 Å². The van der Waals surface area contributed by atoms with Crippen molar-refractivity contribution in [3.63, 3.8) is 0 Å². The molecular formula is C11H14N4OS. The maximum absolute atomic E-state index is 11.9. The zero-order chi connectivity index (χ0) is 11.8. The molecule has 0 saturated heterocycles. The normalized spacial score (nSPS) is 15.1. The van der Waals surface area contributed by atoms with E-state index in [0.29, 0.717) is 5.78 Å². The summed E-state index contributed by atoms with van der Waals surface area (Å²) in [5.74, 6) is 1.53. The monoisotopic (exact) mass is 250 g/mol. The van der Waals surface area contributed by atoms with Gasteiger partial charge in [-0.2, -0.15) is 0 Å². The molecule has 0 aliphatic heterocycles. The number of nitrogens with one attached hydrogen (secondary N) is 1. The SMILES string of the molecule is CCSc1nnc2[nH]c(=O)c3c(n12)CCCC3. The van der Waals surface area contributed by atoms with Gasteiger partial charge in [-0.25, -0.2) is 0 Å². The molecule has 17 heavy (non-hydrogen) atoms. The molecule has 5 nitrogen and oxygen atoms in total. The second-order valence-electron chi connectivity index (χ2n) is 4.16. The molecule has 0 bridgehead atoms. The van der Waals surface area contributed by atoms with Gasteiger partial charge in [-0.05, 0) is 31.4 Å². The van der Waals surface area contributed by atoms with Crippen LogP contribution in [-0.2, 0) is 12.8 Å². The summed E-state index contributed by atoms with van der Waals surface area (Å²) >= 11 is 1.66. The molecule has 2 heterocycles. The number of aryl methyl sites for hydroxylation is 1. The summed E-state index contributed by atoms with van der Waals surface area (Å²) in [4.78, 5) is 14.7. The summed E-state index contributed by atoms with van der Waals surface area (Å²) in [6.45, 7) is 2.09. The Balaban J connectivity index is 2.31. The first-order valence-electron chi connectivity index (χ1n) is 5.93. The standard InChI is InChI=1S/C11H14N4OS/c1-2-17-11-14-13-10-12-9(16)7-5-3-4-6-8(7)15(10)11/h2-6H2,1H3,(H,12,13,16). The zero-order valence-electron chi connectivity index (χ0n) is 9.69. The highest BCUT2D eigenvalue weighted by Gasteiger charge is 2.19. The Morgan fingerprint density at radius 2 is 2.18 bits per heavy atom. The fraction of sp³-hybridized carbons (Fsp3) is 0.545. The third-order valence-electron chi connectivity index (χ3n) is 3.11. The van der Waals surface area contributed by atoms with Crippen molar-refractivity contribution in [2.24, 2.45) is 0 Å². The average molecular weight is 250 g/mol. The molecule has 3 rings (SSSR count). The number of hydrogen-bond donors (Lipinski definition) is 1. The Kier molecular flexibility index (Phi) is 2.66. The zero-order valence-corrected chi connectivity index (χ0v) is 10.5. The topological polar surface area (TPSA) is 63.0 Å². The van der Waals surface area contributed by atoms with E-state index >= 15 is 0 Å². The fourth-order valence-corrected chi connectivity index (χ4v) is 3.06. The molecule has 6 heteroatoms. The van der Waals surface area contributed by atoms with Gasteiger partial charge >= 0.3 is 0 Å². The van der Waals surface area contributed by atoms with Gasteiger partial charge < -0.3 is 0 Å². The second kappa shape index (κ2) is 4.18. The van der Waals surface area contributed by atoms with Gasteiger partial charge in [-0.1, -0.05) is 18.7 Å². The molecule has 0 unspecified atom stereocenters. The predicted molar refractivity (Wildman–Crippen MR) is 66.6 cm³/mol. The van der Waals surface area contributed by atoms with Crippen LogP contribution in [0.4, 0.5) is 0 Å². The van der Waals surface area contributed by atoms with Gasteiger partial charge in [-0.3, -0.25) is 14.2 Å². The van der Waals surface area contributed by atoms with E-state index in [1.807, 2.05) is 4.40 Å². The van der Waals surface area contributed by atoms with Gasteiger partial charge in [0.25, 0.3) is 5.56 Å². The number of aromatic amines is 1. The molecular weight excluding hydrogens is 236 g/mol. The van der Waals surface area contributed by atoms with Crippen molar-refractivity contribution in [3.05, 3.63) is 21.6 Å². The highest BCUT2D eigenvalue weighted by Crippen LogP contribution is 2.23. The maximum Gasteiger partial charge on any atom is 0.255 e. The van der Waals surface area contributed by atoms with Gasteiger partial charge in [0.15, 0.2) is 5.16 Å². The second-order valence-corrected chi connectivity index (χ2v) is 5.39. The summed E-state index contributed by atoms with van der Waals surface area (Å²) < 4.78 is 2.02. The van der Waals surface area contributed by atoms with Gasteiger partial charge in [-0.15, -0.1) is 10.2 Å². The van der Waals surface area contributed by atoms with Crippen molar-refractivity contribution in [2.45, 2.75) is 37.8 Å². The number of rotatable bonds is 2. The smallest absolute Gasteiger partial charge is 0.255 e. The average Bonchev–Trinajstić information content (AvgIpc) is 2.73. The van der Waals surface area contributed by atoms with Crippen LogP contribution in [0.1, 0.15) is 31.0 Å². The Labute approximate surface area is 103 Å². The van der Waals surface area contributed by atoms with Crippen molar-refractivity contribution in [2.75, 3.05) is 5.75 Å². The lowest BCUT2D eigenvalue weighted by Gasteiger charge is -2.16. The molecule has 2 aromatic heterocycles. The van der Waals surface area contributed by atoms with Crippen molar-refractivity contribution < 1.29 is 0 Å². The Morgan fingerprint density at radius 1 is 1.35 bits per heavy atom. The molecule has 2 aromatic rings. The number of H-pyrrole nitrogens is 1. The number of thioether (sulfide) groups is 1. The Hall–Kier alpha value is -1.30. The minimum Gasteiger partial charge on any atom is -0.290 e. The Morgan fingerprint density at radius 3 is 3.00 bits per heavy atom. The highest BCUT2D eigenvalue weighted by molar-refractivity contribution is 7.99. The molecule has 90 valence electrons. The Bertz CT molecular complexity index is 616. The van der Waals surface area contributed by atoms with Crippen molar-refractivity contribution in [1.82, 2.24) is 19.6 Å². The molecule has 1 N–H and O–H groups in total. The first-order chi connectivity index (χ1) is 8.31. The van der Waals surface area contributed by atoms with Crippen LogP contribution in [0.3, 0.4) is 0 Å². The third kappa shape index (κ3) is 1.67.